The first-order valence-corrected chi connectivity index (χ1v) is 7.87. The van der Waals surface area contributed by atoms with Crippen LogP contribution in [0.3, 0.4) is 0 Å². The summed E-state index contributed by atoms with van der Waals surface area (Å²) in [5.41, 5.74) is -0.789. The molecule has 1 saturated heterocycles. The molecule has 0 aromatic carbocycles. The Morgan fingerprint density at radius 2 is 2.10 bits per heavy atom. The normalized spacial score (nSPS) is 28.7. The van der Waals surface area contributed by atoms with Crippen molar-refractivity contribution in [2.45, 2.75) is 38.1 Å². The van der Waals surface area contributed by atoms with Crippen molar-refractivity contribution >= 4 is 33.8 Å². The Balaban J connectivity index is 1.98. The Bertz CT molecular complexity index is 484. The molecule has 2 rings (SSSR count). The Hall–Kier alpha value is -1.37. The molecule has 1 saturated carbocycles. The third-order valence-corrected chi connectivity index (χ3v) is 4.43. The van der Waals surface area contributed by atoms with Gasteiger partial charge in [0.25, 0.3) is 5.91 Å². The van der Waals surface area contributed by atoms with Gasteiger partial charge in [-0.05, 0) is 31.6 Å². The number of carbonyl (C=O) groups is 3. The second-order valence-electron chi connectivity index (χ2n) is 5.88. The van der Waals surface area contributed by atoms with Crippen molar-refractivity contribution in [3.63, 3.8) is 0 Å². The predicted octanol–water partition coefficient (Wildman–Crippen LogP) is 1.51. The standard InChI is InChI=1S/C14H20BrN3O3/c1-9-3-5-14(6-4-9)12(20)18(13(21)17-14)8-11(19)16-7-10(2)15/h9H,2-8H2,1H3,(H,16,19)(H,17,21). The lowest BCUT2D eigenvalue weighted by Gasteiger charge is -2.33. The van der Waals surface area contributed by atoms with Crippen LogP contribution in [0.1, 0.15) is 32.6 Å². The van der Waals surface area contributed by atoms with Crippen LogP contribution in [0, 0.1) is 5.92 Å². The Morgan fingerprint density at radius 1 is 1.48 bits per heavy atom. The van der Waals surface area contributed by atoms with E-state index in [-0.39, 0.29) is 24.9 Å². The molecule has 0 bridgehead atoms. The molecule has 2 aliphatic rings. The summed E-state index contributed by atoms with van der Waals surface area (Å²) in [5.74, 6) is -0.0739. The molecule has 0 radical (unpaired) electrons. The lowest BCUT2D eigenvalue weighted by molar-refractivity contribution is -0.136. The van der Waals surface area contributed by atoms with Crippen molar-refractivity contribution in [1.29, 1.82) is 0 Å². The average Bonchev–Trinajstić information content (AvgIpc) is 2.65. The molecule has 0 unspecified atom stereocenters. The van der Waals surface area contributed by atoms with E-state index in [9.17, 15) is 14.4 Å². The Labute approximate surface area is 132 Å². The van der Waals surface area contributed by atoms with Gasteiger partial charge in [-0.3, -0.25) is 14.5 Å². The molecule has 2 N–H and O–H groups in total. The fourth-order valence-corrected chi connectivity index (χ4v) is 2.95. The summed E-state index contributed by atoms with van der Waals surface area (Å²) in [6.07, 6.45) is 3.12. The number of nitrogens with one attached hydrogen (secondary N) is 2. The number of hydrogen-bond acceptors (Lipinski definition) is 3. The maximum atomic E-state index is 12.5. The summed E-state index contributed by atoms with van der Waals surface area (Å²) in [5, 5.41) is 5.38. The highest BCUT2D eigenvalue weighted by Gasteiger charge is 2.52. The minimum Gasteiger partial charge on any atom is -0.350 e. The highest BCUT2D eigenvalue weighted by molar-refractivity contribution is 9.11. The van der Waals surface area contributed by atoms with Crippen molar-refractivity contribution in [3.05, 3.63) is 11.1 Å². The van der Waals surface area contributed by atoms with E-state index in [0.29, 0.717) is 23.2 Å². The molecule has 2 fully saturated rings. The maximum Gasteiger partial charge on any atom is 0.325 e. The molecule has 0 aromatic heterocycles. The Kier molecular flexibility index (Phi) is 4.70. The molecule has 0 aromatic rings. The second kappa shape index (κ2) is 6.17. The van der Waals surface area contributed by atoms with E-state index in [4.69, 9.17) is 0 Å². The van der Waals surface area contributed by atoms with Crippen molar-refractivity contribution in [2.75, 3.05) is 13.1 Å². The van der Waals surface area contributed by atoms with Crippen LogP contribution in [-0.2, 0) is 9.59 Å². The molecule has 21 heavy (non-hydrogen) atoms. The van der Waals surface area contributed by atoms with Crippen LogP contribution < -0.4 is 10.6 Å². The van der Waals surface area contributed by atoms with Crippen LogP contribution in [0.4, 0.5) is 4.79 Å². The fourth-order valence-electron chi connectivity index (χ4n) is 2.81. The monoisotopic (exact) mass is 357 g/mol. The van der Waals surface area contributed by atoms with Gasteiger partial charge in [0.2, 0.25) is 5.91 Å². The fraction of sp³-hybridized carbons (Fsp3) is 0.643. The van der Waals surface area contributed by atoms with Crippen LogP contribution in [0.15, 0.2) is 11.1 Å². The van der Waals surface area contributed by atoms with Crippen LogP contribution in [0.25, 0.3) is 0 Å². The highest BCUT2D eigenvalue weighted by Crippen LogP contribution is 2.36. The molecule has 6 nitrogen and oxygen atoms in total. The quantitative estimate of drug-likeness (QED) is 0.748. The summed E-state index contributed by atoms with van der Waals surface area (Å²) in [6, 6.07) is -0.470. The van der Waals surface area contributed by atoms with Crippen LogP contribution in [0.5, 0.6) is 0 Å². The number of hydrogen-bond donors (Lipinski definition) is 2. The molecule has 0 atom stereocenters. The average molecular weight is 358 g/mol. The van der Waals surface area contributed by atoms with E-state index >= 15 is 0 Å². The second-order valence-corrected chi connectivity index (χ2v) is 7.00. The van der Waals surface area contributed by atoms with Crippen molar-refractivity contribution in [2.24, 2.45) is 5.92 Å². The molecule has 1 heterocycles. The molecule has 1 spiro atoms. The molecular formula is C14H20BrN3O3. The van der Waals surface area contributed by atoms with Gasteiger partial charge in [-0.2, -0.15) is 0 Å². The van der Waals surface area contributed by atoms with Gasteiger partial charge in [-0.1, -0.05) is 29.4 Å². The van der Waals surface area contributed by atoms with E-state index in [1.165, 1.54) is 0 Å². The molecule has 1 aliphatic carbocycles. The van der Waals surface area contributed by atoms with E-state index in [1.807, 2.05) is 0 Å². The first-order valence-electron chi connectivity index (χ1n) is 7.08. The van der Waals surface area contributed by atoms with Gasteiger partial charge in [0, 0.05) is 11.0 Å². The van der Waals surface area contributed by atoms with Gasteiger partial charge in [0.15, 0.2) is 0 Å². The number of imide groups is 1. The van der Waals surface area contributed by atoms with Gasteiger partial charge < -0.3 is 10.6 Å². The smallest absolute Gasteiger partial charge is 0.325 e. The van der Waals surface area contributed by atoms with Gasteiger partial charge in [-0.15, -0.1) is 0 Å². The van der Waals surface area contributed by atoms with Crippen molar-refractivity contribution in [3.8, 4) is 0 Å². The number of urea groups is 1. The lowest BCUT2D eigenvalue weighted by atomic mass is 9.77. The zero-order valence-electron chi connectivity index (χ0n) is 12.1. The number of carbonyl (C=O) groups excluding carboxylic acids is 3. The first-order chi connectivity index (χ1) is 9.84. The predicted molar refractivity (Wildman–Crippen MR) is 81.7 cm³/mol. The number of halogens is 1. The summed E-state index contributed by atoms with van der Waals surface area (Å²) >= 11 is 3.13. The van der Waals surface area contributed by atoms with Crippen molar-refractivity contribution < 1.29 is 14.4 Å². The summed E-state index contributed by atoms with van der Waals surface area (Å²) < 4.78 is 0.630. The summed E-state index contributed by atoms with van der Waals surface area (Å²) in [7, 11) is 0. The lowest BCUT2D eigenvalue weighted by Crippen LogP contribution is -2.49. The number of rotatable bonds is 4. The van der Waals surface area contributed by atoms with E-state index in [0.717, 1.165) is 17.7 Å². The third-order valence-electron chi connectivity index (χ3n) is 4.15. The molecule has 7 heteroatoms. The van der Waals surface area contributed by atoms with Crippen LogP contribution >= 0.6 is 15.9 Å². The summed E-state index contributed by atoms with van der Waals surface area (Å²) in [4.78, 5) is 37.3. The molecular weight excluding hydrogens is 338 g/mol. The minimum atomic E-state index is -0.789. The minimum absolute atomic E-state index is 0.248. The van der Waals surface area contributed by atoms with E-state index in [1.54, 1.807) is 0 Å². The highest BCUT2D eigenvalue weighted by atomic mass is 79.9. The number of amides is 4. The molecule has 4 amide bonds. The van der Waals surface area contributed by atoms with Gasteiger partial charge >= 0.3 is 6.03 Å². The summed E-state index contributed by atoms with van der Waals surface area (Å²) in [6.45, 7) is 5.77. The third kappa shape index (κ3) is 3.45. The van der Waals surface area contributed by atoms with E-state index < -0.39 is 11.6 Å². The number of nitrogens with zero attached hydrogens (tertiary/aromatic N) is 1. The van der Waals surface area contributed by atoms with Gasteiger partial charge in [-0.25, -0.2) is 4.79 Å². The maximum absolute atomic E-state index is 12.5. The topological polar surface area (TPSA) is 78.5 Å². The SMILES string of the molecule is C=C(Br)CNC(=O)CN1C(=O)NC2(CCC(C)CC2)C1=O. The Morgan fingerprint density at radius 3 is 2.67 bits per heavy atom. The van der Waals surface area contributed by atoms with Crippen molar-refractivity contribution in [1.82, 2.24) is 15.5 Å². The van der Waals surface area contributed by atoms with Gasteiger partial charge in [0.05, 0.1) is 0 Å². The van der Waals surface area contributed by atoms with E-state index in [2.05, 4.69) is 40.1 Å². The van der Waals surface area contributed by atoms with Gasteiger partial charge in [0.1, 0.15) is 12.1 Å². The van der Waals surface area contributed by atoms with Crippen LogP contribution in [-0.4, -0.2) is 41.4 Å². The molecule has 1 aliphatic heterocycles. The molecule has 116 valence electrons. The van der Waals surface area contributed by atoms with Crippen LogP contribution in [0.2, 0.25) is 0 Å². The zero-order chi connectivity index (χ0) is 15.6. The first kappa shape index (κ1) is 16.0. The largest absolute Gasteiger partial charge is 0.350 e. The zero-order valence-corrected chi connectivity index (χ0v) is 13.7.